The van der Waals surface area contributed by atoms with E-state index in [9.17, 15) is 4.79 Å². The average molecular weight is 224 g/mol. The van der Waals surface area contributed by atoms with E-state index in [2.05, 4.69) is 12.2 Å². The third-order valence-electron chi connectivity index (χ3n) is 4.15. The van der Waals surface area contributed by atoms with Gasteiger partial charge in [0.25, 0.3) is 0 Å². The number of nitrogens with one attached hydrogen (secondary N) is 1. The van der Waals surface area contributed by atoms with Crippen molar-refractivity contribution in [1.29, 1.82) is 0 Å². The fourth-order valence-electron chi connectivity index (χ4n) is 3.16. The van der Waals surface area contributed by atoms with Gasteiger partial charge >= 0.3 is 0 Å². The number of nitrogens with zero attached hydrogens (tertiary/aromatic N) is 1. The Morgan fingerprint density at radius 2 is 1.94 bits per heavy atom. The lowest BCUT2D eigenvalue weighted by Crippen LogP contribution is -2.52. The van der Waals surface area contributed by atoms with Crippen LogP contribution in [0.15, 0.2) is 0 Å². The highest BCUT2D eigenvalue weighted by Crippen LogP contribution is 2.27. The summed E-state index contributed by atoms with van der Waals surface area (Å²) in [6.07, 6.45) is 3.98. The Morgan fingerprint density at radius 3 is 2.50 bits per heavy atom. The molecule has 1 N–H and O–H groups in total. The predicted molar refractivity (Wildman–Crippen MR) is 60.0 cm³/mol. The van der Waals surface area contributed by atoms with Crippen molar-refractivity contribution in [3.05, 3.63) is 0 Å². The van der Waals surface area contributed by atoms with Crippen LogP contribution in [0.2, 0.25) is 0 Å². The van der Waals surface area contributed by atoms with Crippen LogP contribution in [0.4, 0.5) is 0 Å². The smallest absolute Gasteiger partial charge is 0.240 e. The molecule has 4 unspecified atom stereocenters. The Hall–Kier alpha value is -0.610. The highest BCUT2D eigenvalue weighted by Gasteiger charge is 2.39. The molecular formula is C12H20N2O2. The van der Waals surface area contributed by atoms with Crippen molar-refractivity contribution in [3.63, 3.8) is 0 Å². The van der Waals surface area contributed by atoms with E-state index in [4.69, 9.17) is 4.74 Å². The third-order valence-corrected chi connectivity index (χ3v) is 4.15. The number of amides is 1. The van der Waals surface area contributed by atoms with E-state index >= 15 is 0 Å². The second-order valence-electron chi connectivity index (χ2n) is 5.40. The van der Waals surface area contributed by atoms with E-state index in [1.165, 1.54) is 0 Å². The van der Waals surface area contributed by atoms with Gasteiger partial charge < -0.3 is 15.0 Å². The number of fused-ring (bicyclic) bond motifs is 2. The second-order valence-corrected chi connectivity index (χ2v) is 5.40. The number of carbonyl (C=O) groups excluding carboxylic acids is 1. The molecule has 1 amide bonds. The minimum Gasteiger partial charge on any atom is -0.371 e. The summed E-state index contributed by atoms with van der Waals surface area (Å²) >= 11 is 0. The number of rotatable bonds is 1. The molecule has 0 saturated carbocycles. The van der Waals surface area contributed by atoms with Crippen molar-refractivity contribution in [2.24, 2.45) is 5.92 Å². The zero-order valence-electron chi connectivity index (χ0n) is 9.82. The van der Waals surface area contributed by atoms with Crippen molar-refractivity contribution in [1.82, 2.24) is 10.2 Å². The van der Waals surface area contributed by atoms with Crippen LogP contribution in [0.1, 0.15) is 26.2 Å². The minimum atomic E-state index is 0.0532. The first-order chi connectivity index (χ1) is 7.74. The molecule has 0 aromatic carbocycles. The predicted octanol–water partition coefficient (Wildman–Crippen LogP) is 0.374. The molecule has 3 rings (SSSR count). The monoisotopic (exact) mass is 224 g/mol. The largest absolute Gasteiger partial charge is 0.371 e. The molecule has 0 aromatic heterocycles. The highest BCUT2D eigenvalue weighted by molar-refractivity contribution is 5.82. The molecule has 0 aromatic rings. The maximum Gasteiger partial charge on any atom is 0.240 e. The molecule has 4 nitrogen and oxygen atoms in total. The van der Waals surface area contributed by atoms with Crippen LogP contribution in [-0.2, 0) is 9.53 Å². The van der Waals surface area contributed by atoms with Crippen molar-refractivity contribution in [3.8, 4) is 0 Å². The molecule has 3 saturated heterocycles. The normalized spacial score (nSPS) is 42.7. The Morgan fingerprint density at radius 1 is 1.25 bits per heavy atom. The number of morpholine rings is 1. The van der Waals surface area contributed by atoms with Crippen molar-refractivity contribution >= 4 is 5.91 Å². The van der Waals surface area contributed by atoms with Crippen LogP contribution >= 0.6 is 0 Å². The van der Waals surface area contributed by atoms with Gasteiger partial charge in [-0.05, 0) is 31.7 Å². The Balaban J connectivity index is 1.66. The molecule has 4 heteroatoms. The molecule has 3 aliphatic rings. The van der Waals surface area contributed by atoms with Crippen molar-refractivity contribution in [2.45, 2.75) is 44.4 Å². The van der Waals surface area contributed by atoms with Crippen LogP contribution in [0.5, 0.6) is 0 Å². The summed E-state index contributed by atoms with van der Waals surface area (Å²) in [5.41, 5.74) is 0. The molecule has 3 fully saturated rings. The van der Waals surface area contributed by atoms with Gasteiger partial charge in [-0.2, -0.15) is 0 Å². The number of hydrogen-bond acceptors (Lipinski definition) is 3. The van der Waals surface area contributed by atoms with E-state index in [1.807, 2.05) is 4.90 Å². The Kier molecular flexibility index (Phi) is 2.64. The van der Waals surface area contributed by atoms with E-state index in [0.717, 1.165) is 38.9 Å². The topological polar surface area (TPSA) is 41.6 Å². The third kappa shape index (κ3) is 1.74. The van der Waals surface area contributed by atoms with E-state index in [0.29, 0.717) is 24.0 Å². The van der Waals surface area contributed by atoms with Crippen molar-refractivity contribution in [2.75, 3.05) is 19.6 Å². The number of carbonyl (C=O) groups is 1. The first kappa shape index (κ1) is 10.5. The van der Waals surface area contributed by atoms with Gasteiger partial charge in [-0.25, -0.2) is 0 Å². The minimum absolute atomic E-state index is 0.0532. The number of hydrogen-bond donors (Lipinski definition) is 1. The molecule has 90 valence electrons. The van der Waals surface area contributed by atoms with Gasteiger partial charge in [-0.15, -0.1) is 0 Å². The lowest BCUT2D eigenvalue weighted by molar-refractivity contribution is -0.142. The van der Waals surface area contributed by atoms with Gasteiger partial charge in [0, 0.05) is 13.1 Å². The number of likely N-dealkylation sites (tertiary alicyclic amines) is 1. The van der Waals surface area contributed by atoms with Gasteiger partial charge in [0.15, 0.2) is 0 Å². The van der Waals surface area contributed by atoms with Crippen molar-refractivity contribution < 1.29 is 9.53 Å². The fraction of sp³-hybridized carbons (Fsp3) is 0.917. The van der Waals surface area contributed by atoms with Gasteiger partial charge in [0.1, 0.15) is 0 Å². The molecule has 3 heterocycles. The maximum atomic E-state index is 12.3. The summed E-state index contributed by atoms with van der Waals surface area (Å²) < 4.78 is 5.75. The van der Waals surface area contributed by atoms with Crippen LogP contribution in [0, 0.1) is 5.92 Å². The molecule has 2 bridgehead atoms. The molecule has 3 aliphatic heterocycles. The molecule has 0 spiro atoms. The molecule has 0 radical (unpaired) electrons. The van der Waals surface area contributed by atoms with Crippen LogP contribution < -0.4 is 5.32 Å². The quantitative estimate of drug-likeness (QED) is 0.700. The Bertz CT molecular complexity index is 283. The van der Waals surface area contributed by atoms with Gasteiger partial charge in [0.05, 0.1) is 18.2 Å². The van der Waals surface area contributed by atoms with Gasteiger partial charge in [0.2, 0.25) is 5.91 Å². The summed E-state index contributed by atoms with van der Waals surface area (Å²) in [7, 11) is 0. The average Bonchev–Trinajstić information content (AvgIpc) is 2.84. The molecule has 4 atom stereocenters. The maximum absolute atomic E-state index is 12.3. The van der Waals surface area contributed by atoms with Crippen LogP contribution in [-0.4, -0.2) is 48.7 Å². The first-order valence-electron chi connectivity index (χ1n) is 6.41. The highest BCUT2D eigenvalue weighted by atomic mass is 16.5. The standard InChI is InChI=1S/C12H20N2O2/c1-8-4-5-13-11(8)12(15)14-6-9-2-3-10(7-14)16-9/h8-11,13H,2-7H2,1H3. The Labute approximate surface area is 96.3 Å². The summed E-state index contributed by atoms with van der Waals surface area (Å²) in [5, 5.41) is 3.32. The van der Waals surface area contributed by atoms with Gasteiger partial charge in [-0.1, -0.05) is 6.92 Å². The molecular weight excluding hydrogens is 204 g/mol. The SMILES string of the molecule is CC1CCNC1C(=O)N1CC2CCC(C1)O2. The zero-order valence-corrected chi connectivity index (χ0v) is 9.82. The number of ether oxygens (including phenoxy) is 1. The zero-order chi connectivity index (χ0) is 11.1. The fourth-order valence-corrected chi connectivity index (χ4v) is 3.16. The van der Waals surface area contributed by atoms with Crippen LogP contribution in [0.3, 0.4) is 0 Å². The van der Waals surface area contributed by atoms with E-state index in [-0.39, 0.29) is 6.04 Å². The molecule has 16 heavy (non-hydrogen) atoms. The summed E-state index contributed by atoms with van der Waals surface area (Å²) in [6.45, 7) is 4.76. The lowest BCUT2D eigenvalue weighted by atomic mass is 10.0. The van der Waals surface area contributed by atoms with E-state index in [1.54, 1.807) is 0 Å². The summed E-state index contributed by atoms with van der Waals surface area (Å²) in [6, 6.07) is 0.0532. The van der Waals surface area contributed by atoms with E-state index < -0.39 is 0 Å². The van der Waals surface area contributed by atoms with Gasteiger partial charge in [-0.3, -0.25) is 4.79 Å². The van der Waals surface area contributed by atoms with Crippen LogP contribution in [0.25, 0.3) is 0 Å². The second kappa shape index (κ2) is 4.00. The molecule has 0 aliphatic carbocycles. The first-order valence-corrected chi connectivity index (χ1v) is 6.41. The lowest BCUT2D eigenvalue weighted by Gasteiger charge is -2.34. The summed E-state index contributed by atoms with van der Waals surface area (Å²) in [5.74, 6) is 0.776. The summed E-state index contributed by atoms with van der Waals surface area (Å²) in [4.78, 5) is 14.4.